The fraction of sp³-hybridized carbons (Fsp3) is 0.389. The molecule has 1 aliphatic rings. The smallest absolute Gasteiger partial charge is 0.253 e. The Balaban J connectivity index is 1.80. The first-order chi connectivity index (χ1) is 11.0. The molecule has 23 heavy (non-hydrogen) atoms. The molecule has 1 aliphatic carbocycles. The molecule has 1 aromatic carbocycles. The highest BCUT2D eigenvalue weighted by Crippen LogP contribution is 2.32. The van der Waals surface area contributed by atoms with E-state index in [0.29, 0.717) is 17.2 Å². The molecule has 0 aliphatic heterocycles. The Kier molecular flexibility index (Phi) is 4.22. The molecule has 2 aromatic rings. The SMILES string of the molecule is Cc1cc(C(=O)NCC(O)C2CC2)c(C)n1-c1cccc(F)c1. The molecule has 4 nitrogen and oxygen atoms in total. The van der Waals surface area contributed by atoms with Crippen LogP contribution in [-0.4, -0.2) is 28.2 Å². The highest BCUT2D eigenvalue weighted by atomic mass is 19.1. The summed E-state index contributed by atoms with van der Waals surface area (Å²) in [6.07, 6.45) is 1.60. The van der Waals surface area contributed by atoms with E-state index >= 15 is 0 Å². The van der Waals surface area contributed by atoms with E-state index in [2.05, 4.69) is 5.32 Å². The van der Waals surface area contributed by atoms with Crippen LogP contribution < -0.4 is 5.32 Å². The number of benzene rings is 1. The Hall–Kier alpha value is -2.14. The van der Waals surface area contributed by atoms with Crippen molar-refractivity contribution in [2.75, 3.05) is 6.54 Å². The van der Waals surface area contributed by atoms with Gasteiger partial charge in [0.15, 0.2) is 0 Å². The zero-order valence-electron chi connectivity index (χ0n) is 13.3. The number of carbonyl (C=O) groups excluding carboxylic acids is 1. The van der Waals surface area contributed by atoms with Crippen LogP contribution in [0, 0.1) is 25.6 Å². The maximum atomic E-state index is 13.5. The molecule has 3 rings (SSSR count). The second kappa shape index (κ2) is 6.16. The number of hydrogen-bond acceptors (Lipinski definition) is 2. The lowest BCUT2D eigenvalue weighted by Crippen LogP contribution is -2.33. The van der Waals surface area contributed by atoms with Crippen LogP contribution in [0.15, 0.2) is 30.3 Å². The molecule has 1 aromatic heterocycles. The van der Waals surface area contributed by atoms with Gasteiger partial charge in [-0.25, -0.2) is 4.39 Å². The standard InChI is InChI=1S/C18H21FN2O2/c1-11-8-16(18(23)20-10-17(22)13-6-7-13)12(2)21(11)15-5-3-4-14(19)9-15/h3-5,8-9,13,17,22H,6-7,10H2,1-2H3,(H,20,23). The number of aliphatic hydroxyl groups is 1. The topological polar surface area (TPSA) is 54.3 Å². The summed E-state index contributed by atoms with van der Waals surface area (Å²) in [6.45, 7) is 3.99. The monoisotopic (exact) mass is 316 g/mol. The van der Waals surface area contributed by atoms with Gasteiger partial charge in [-0.2, -0.15) is 0 Å². The van der Waals surface area contributed by atoms with E-state index < -0.39 is 6.10 Å². The van der Waals surface area contributed by atoms with Crippen LogP contribution in [0.5, 0.6) is 0 Å². The zero-order chi connectivity index (χ0) is 16.6. The lowest BCUT2D eigenvalue weighted by Gasteiger charge is -2.12. The molecule has 0 bridgehead atoms. The molecule has 1 heterocycles. The van der Waals surface area contributed by atoms with Crippen LogP contribution >= 0.6 is 0 Å². The second-order valence-electron chi connectivity index (χ2n) is 6.21. The predicted octanol–water partition coefficient (Wildman–Crippen LogP) is 2.73. The Morgan fingerprint density at radius 2 is 2.13 bits per heavy atom. The maximum absolute atomic E-state index is 13.5. The number of aliphatic hydroxyl groups excluding tert-OH is 1. The number of nitrogens with zero attached hydrogens (tertiary/aromatic N) is 1. The van der Waals surface area contributed by atoms with Crippen molar-refractivity contribution in [3.63, 3.8) is 0 Å². The first-order valence-corrected chi connectivity index (χ1v) is 7.88. The number of halogens is 1. The van der Waals surface area contributed by atoms with Gasteiger partial charge in [0, 0.05) is 23.6 Å². The third-order valence-electron chi connectivity index (χ3n) is 4.38. The number of nitrogens with one attached hydrogen (secondary N) is 1. The number of carbonyl (C=O) groups is 1. The van der Waals surface area contributed by atoms with Crippen molar-refractivity contribution in [1.29, 1.82) is 0 Å². The average Bonchev–Trinajstić information content (AvgIpc) is 3.31. The van der Waals surface area contributed by atoms with Gasteiger partial charge >= 0.3 is 0 Å². The summed E-state index contributed by atoms with van der Waals surface area (Å²) in [5.74, 6) is -0.191. The van der Waals surface area contributed by atoms with Gasteiger partial charge in [0.1, 0.15) is 5.82 Å². The third kappa shape index (κ3) is 3.29. The average molecular weight is 316 g/mol. The summed E-state index contributed by atoms with van der Waals surface area (Å²) in [4.78, 5) is 12.4. The molecule has 122 valence electrons. The van der Waals surface area contributed by atoms with Crippen molar-refractivity contribution in [3.8, 4) is 5.69 Å². The summed E-state index contributed by atoms with van der Waals surface area (Å²) in [5.41, 5.74) is 2.86. The third-order valence-corrected chi connectivity index (χ3v) is 4.38. The molecule has 1 amide bonds. The van der Waals surface area contributed by atoms with Crippen LogP contribution in [-0.2, 0) is 0 Å². The van der Waals surface area contributed by atoms with E-state index in [1.54, 1.807) is 12.1 Å². The van der Waals surface area contributed by atoms with Crippen LogP contribution in [0.4, 0.5) is 4.39 Å². The van der Waals surface area contributed by atoms with E-state index in [9.17, 15) is 14.3 Å². The van der Waals surface area contributed by atoms with Gasteiger partial charge in [-0.3, -0.25) is 4.79 Å². The van der Waals surface area contributed by atoms with Gasteiger partial charge in [-0.1, -0.05) is 6.07 Å². The van der Waals surface area contributed by atoms with Crippen LogP contribution in [0.1, 0.15) is 34.6 Å². The summed E-state index contributed by atoms with van der Waals surface area (Å²) in [5, 5.41) is 12.6. The largest absolute Gasteiger partial charge is 0.391 e. The highest BCUT2D eigenvalue weighted by Gasteiger charge is 2.30. The van der Waals surface area contributed by atoms with E-state index in [-0.39, 0.29) is 18.3 Å². The van der Waals surface area contributed by atoms with Crippen molar-refractivity contribution < 1.29 is 14.3 Å². The summed E-state index contributed by atoms with van der Waals surface area (Å²) >= 11 is 0. The number of rotatable bonds is 5. The van der Waals surface area contributed by atoms with Crippen molar-refractivity contribution in [2.45, 2.75) is 32.8 Å². The van der Waals surface area contributed by atoms with Crippen LogP contribution in [0.2, 0.25) is 0 Å². The maximum Gasteiger partial charge on any atom is 0.253 e. The normalized spacial score (nSPS) is 15.5. The van der Waals surface area contributed by atoms with E-state index in [4.69, 9.17) is 0 Å². The molecule has 2 N–H and O–H groups in total. The fourth-order valence-corrected chi connectivity index (χ4v) is 2.95. The van der Waals surface area contributed by atoms with Gasteiger partial charge in [-0.15, -0.1) is 0 Å². The van der Waals surface area contributed by atoms with Crippen molar-refractivity contribution in [1.82, 2.24) is 9.88 Å². The Labute approximate surface area is 134 Å². The predicted molar refractivity (Wildman–Crippen MR) is 86.3 cm³/mol. The quantitative estimate of drug-likeness (QED) is 0.891. The van der Waals surface area contributed by atoms with Crippen molar-refractivity contribution >= 4 is 5.91 Å². The van der Waals surface area contributed by atoms with Crippen molar-refractivity contribution in [2.24, 2.45) is 5.92 Å². The molecule has 1 saturated carbocycles. The molecule has 1 atom stereocenters. The zero-order valence-corrected chi connectivity index (χ0v) is 13.3. The van der Waals surface area contributed by atoms with E-state index in [0.717, 1.165) is 24.2 Å². The van der Waals surface area contributed by atoms with Crippen LogP contribution in [0.25, 0.3) is 5.69 Å². The van der Waals surface area contributed by atoms with Gasteiger partial charge in [0.25, 0.3) is 5.91 Å². The van der Waals surface area contributed by atoms with E-state index in [1.165, 1.54) is 12.1 Å². The molecular formula is C18H21FN2O2. The van der Waals surface area contributed by atoms with E-state index in [1.807, 2.05) is 24.5 Å². The number of hydrogen-bond donors (Lipinski definition) is 2. The lowest BCUT2D eigenvalue weighted by molar-refractivity contribution is 0.0900. The number of aromatic nitrogens is 1. The molecule has 0 saturated heterocycles. The summed E-state index contributed by atoms with van der Waals surface area (Å²) in [7, 11) is 0. The Morgan fingerprint density at radius 1 is 1.39 bits per heavy atom. The summed E-state index contributed by atoms with van der Waals surface area (Å²) < 4.78 is 15.3. The minimum atomic E-state index is -0.467. The van der Waals surface area contributed by atoms with Gasteiger partial charge in [0.2, 0.25) is 0 Å². The molecule has 5 heteroatoms. The first kappa shape index (κ1) is 15.7. The second-order valence-corrected chi connectivity index (χ2v) is 6.21. The Bertz CT molecular complexity index is 735. The van der Waals surface area contributed by atoms with Gasteiger partial charge in [0.05, 0.1) is 11.7 Å². The number of amides is 1. The molecule has 0 spiro atoms. The van der Waals surface area contributed by atoms with Gasteiger partial charge in [-0.05, 0) is 56.9 Å². The molecule has 0 radical (unpaired) electrons. The molecule has 1 unspecified atom stereocenters. The first-order valence-electron chi connectivity index (χ1n) is 7.88. The lowest BCUT2D eigenvalue weighted by atomic mass is 10.2. The Morgan fingerprint density at radius 3 is 2.78 bits per heavy atom. The summed E-state index contributed by atoms with van der Waals surface area (Å²) in [6, 6.07) is 8.08. The minimum absolute atomic E-state index is 0.208. The molecular weight excluding hydrogens is 295 g/mol. The highest BCUT2D eigenvalue weighted by molar-refractivity contribution is 5.95. The number of aryl methyl sites for hydroxylation is 1. The van der Waals surface area contributed by atoms with Crippen molar-refractivity contribution in [3.05, 3.63) is 53.1 Å². The molecule has 1 fully saturated rings. The minimum Gasteiger partial charge on any atom is -0.391 e. The van der Waals surface area contributed by atoms with Gasteiger partial charge < -0.3 is 15.0 Å². The van der Waals surface area contributed by atoms with Crippen LogP contribution in [0.3, 0.4) is 0 Å². The fourth-order valence-electron chi connectivity index (χ4n) is 2.95.